The monoisotopic (exact) mass is 323 g/mol. The Kier molecular flexibility index (Phi) is 6.14. The van der Waals surface area contributed by atoms with Crippen LogP contribution in [0.25, 0.3) is 0 Å². The summed E-state index contributed by atoms with van der Waals surface area (Å²) in [6.07, 6.45) is 11.3. The maximum absolute atomic E-state index is 12.2. The highest BCUT2D eigenvalue weighted by Gasteiger charge is 2.41. The smallest absolute Gasteiger partial charge is 0.410 e. The molecule has 0 aromatic rings. The third-order valence-corrected chi connectivity index (χ3v) is 5.32. The molecule has 2 unspecified atom stereocenters. The van der Waals surface area contributed by atoms with Crippen LogP contribution in [0.2, 0.25) is 0 Å². The SMILES string of the molecule is C.CC1=COC(OC(=O)NC2CCCCCC2)[C@@H]2C(C)=CCC12.[HH]. The van der Waals surface area contributed by atoms with Gasteiger partial charge in [-0.15, -0.1) is 0 Å². The maximum atomic E-state index is 12.2. The number of allylic oxidation sites excluding steroid dienone is 2. The van der Waals surface area contributed by atoms with E-state index in [1.807, 2.05) is 0 Å². The number of fused-ring (bicyclic) bond motifs is 1. The van der Waals surface area contributed by atoms with Gasteiger partial charge in [-0.05, 0) is 44.6 Å². The van der Waals surface area contributed by atoms with Crippen molar-refractivity contribution < 1.29 is 15.7 Å². The summed E-state index contributed by atoms with van der Waals surface area (Å²) in [5, 5.41) is 3.03. The Morgan fingerprint density at radius 1 is 1.22 bits per heavy atom. The van der Waals surface area contributed by atoms with Gasteiger partial charge in [-0.1, -0.05) is 44.8 Å². The van der Waals surface area contributed by atoms with Crippen molar-refractivity contribution in [3.05, 3.63) is 23.5 Å². The van der Waals surface area contributed by atoms with Crippen LogP contribution in [0.3, 0.4) is 0 Å². The highest BCUT2D eigenvalue weighted by molar-refractivity contribution is 5.67. The van der Waals surface area contributed by atoms with E-state index in [9.17, 15) is 4.79 Å². The molecule has 2 aliphatic carbocycles. The zero-order valence-corrected chi connectivity index (χ0v) is 13.6. The highest BCUT2D eigenvalue weighted by Crippen LogP contribution is 2.42. The van der Waals surface area contributed by atoms with Crippen molar-refractivity contribution >= 4 is 6.09 Å². The average molecular weight is 323 g/mol. The van der Waals surface area contributed by atoms with Crippen molar-refractivity contribution in [1.29, 1.82) is 0 Å². The molecule has 1 N–H and O–H groups in total. The summed E-state index contributed by atoms with van der Waals surface area (Å²) in [7, 11) is 0. The van der Waals surface area contributed by atoms with E-state index >= 15 is 0 Å². The Labute approximate surface area is 141 Å². The Morgan fingerprint density at radius 3 is 2.61 bits per heavy atom. The Balaban J connectivity index is 0.00000144. The minimum absolute atomic E-state index is 0. The van der Waals surface area contributed by atoms with Crippen molar-refractivity contribution in [2.24, 2.45) is 11.8 Å². The molecule has 1 saturated carbocycles. The Bertz CT molecular complexity index is 481. The van der Waals surface area contributed by atoms with Gasteiger partial charge in [0.2, 0.25) is 0 Å². The first kappa shape index (κ1) is 17.9. The summed E-state index contributed by atoms with van der Waals surface area (Å²) >= 11 is 0. The molecule has 0 bridgehead atoms. The molecule has 0 saturated heterocycles. The summed E-state index contributed by atoms with van der Waals surface area (Å²) in [6, 6.07) is 0.256. The predicted octanol–water partition coefficient (Wildman–Crippen LogP) is 5.16. The summed E-state index contributed by atoms with van der Waals surface area (Å²) < 4.78 is 11.3. The van der Waals surface area contributed by atoms with E-state index in [4.69, 9.17) is 9.47 Å². The van der Waals surface area contributed by atoms with Crippen LogP contribution in [0.5, 0.6) is 0 Å². The average Bonchev–Trinajstić information content (AvgIpc) is 2.71. The number of hydrogen-bond donors (Lipinski definition) is 1. The maximum Gasteiger partial charge on any atom is 0.410 e. The first-order chi connectivity index (χ1) is 10.6. The quantitative estimate of drug-likeness (QED) is 0.564. The van der Waals surface area contributed by atoms with Gasteiger partial charge in [-0.3, -0.25) is 0 Å². The van der Waals surface area contributed by atoms with Crippen LogP contribution in [0.1, 0.15) is 67.6 Å². The summed E-state index contributed by atoms with van der Waals surface area (Å²) in [5.74, 6) is 0.592. The third-order valence-electron chi connectivity index (χ3n) is 5.32. The van der Waals surface area contributed by atoms with Gasteiger partial charge in [0.1, 0.15) is 0 Å². The third kappa shape index (κ3) is 4.10. The second-order valence-electron chi connectivity index (χ2n) is 6.92. The van der Waals surface area contributed by atoms with Gasteiger partial charge < -0.3 is 14.8 Å². The number of alkyl carbamates (subject to hydrolysis) is 1. The van der Waals surface area contributed by atoms with E-state index in [2.05, 4.69) is 25.2 Å². The van der Waals surface area contributed by atoms with E-state index in [1.165, 1.54) is 36.8 Å². The van der Waals surface area contributed by atoms with Gasteiger partial charge in [0.15, 0.2) is 0 Å². The predicted molar refractivity (Wildman–Crippen MR) is 93.9 cm³/mol. The number of carbonyl (C=O) groups excluding carboxylic acids is 1. The van der Waals surface area contributed by atoms with Crippen LogP contribution >= 0.6 is 0 Å². The zero-order valence-electron chi connectivity index (χ0n) is 13.6. The van der Waals surface area contributed by atoms with Crippen LogP contribution in [0.15, 0.2) is 23.5 Å². The molecule has 132 valence electrons. The van der Waals surface area contributed by atoms with Crippen LogP contribution < -0.4 is 5.32 Å². The fourth-order valence-corrected chi connectivity index (χ4v) is 3.96. The molecule has 23 heavy (non-hydrogen) atoms. The molecule has 3 aliphatic rings. The largest absolute Gasteiger partial charge is 0.462 e. The second kappa shape index (κ2) is 7.89. The van der Waals surface area contributed by atoms with Crippen molar-refractivity contribution in [2.45, 2.75) is 78.6 Å². The first-order valence-electron chi connectivity index (χ1n) is 8.61. The molecule has 4 heteroatoms. The van der Waals surface area contributed by atoms with Crippen LogP contribution in [0.4, 0.5) is 4.79 Å². The lowest BCUT2D eigenvalue weighted by Gasteiger charge is -2.34. The molecular formula is C19H33NO3. The Morgan fingerprint density at radius 2 is 1.91 bits per heavy atom. The van der Waals surface area contributed by atoms with Crippen molar-refractivity contribution in [1.82, 2.24) is 5.32 Å². The first-order valence-corrected chi connectivity index (χ1v) is 8.61. The van der Waals surface area contributed by atoms with Gasteiger partial charge in [0.05, 0.1) is 12.2 Å². The van der Waals surface area contributed by atoms with E-state index in [-0.39, 0.29) is 26.9 Å². The topological polar surface area (TPSA) is 47.6 Å². The number of hydrogen-bond acceptors (Lipinski definition) is 3. The van der Waals surface area contributed by atoms with Crippen LogP contribution in [0, 0.1) is 11.8 Å². The molecule has 1 heterocycles. The molecule has 0 spiro atoms. The summed E-state index contributed by atoms with van der Waals surface area (Å²) in [5.41, 5.74) is 2.51. The molecule has 3 atom stereocenters. The number of amides is 1. The molecule has 0 aromatic carbocycles. The lowest BCUT2D eigenvalue weighted by molar-refractivity contribution is -0.108. The highest BCUT2D eigenvalue weighted by atomic mass is 16.7. The van der Waals surface area contributed by atoms with E-state index in [0.717, 1.165) is 19.3 Å². The van der Waals surface area contributed by atoms with Crippen molar-refractivity contribution in [3.8, 4) is 0 Å². The number of nitrogens with one attached hydrogen (secondary N) is 1. The molecule has 1 amide bonds. The molecule has 0 radical (unpaired) electrons. The molecule has 1 aliphatic heterocycles. The van der Waals surface area contributed by atoms with Crippen LogP contribution in [-0.4, -0.2) is 18.4 Å². The van der Waals surface area contributed by atoms with E-state index in [1.54, 1.807) is 6.26 Å². The van der Waals surface area contributed by atoms with Gasteiger partial charge in [-0.25, -0.2) is 4.79 Å². The van der Waals surface area contributed by atoms with Gasteiger partial charge in [0, 0.05) is 7.47 Å². The number of ether oxygens (including phenoxy) is 2. The molecule has 1 fully saturated rings. The molecular weight excluding hydrogens is 290 g/mol. The standard InChI is InChI=1S/C18H27NO3.CH4.H2/c1-12-9-10-15-13(2)11-21-17(16(12)15)22-18(20)19-14-7-5-3-4-6-8-14;;/h9,11,14-17H,3-8,10H2,1-2H3,(H,19,20);1H4;1H/t15?,16-,17?;;/m1../s1. The summed E-state index contributed by atoms with van der Waals surface area (Å²) in [6.45, 7) is 4.19. The van der Waals surface area contributed by atoms with Gasteiger partial charge in [0.25, 0.3) is 6.29 Å². The number of carbonyl (C=O) groups is 1. The fraction of sp³-hybridized carbons (Fsp3) is 0.737. The zero-order chi connectivity index (χ0) is 15.5. The normalized spacial score (nSPS) is 30.8. The minimum Gasteiger partial charge on any atom is -0.462 e. The minimum atomic E-state index is -0.488. The lowest BCUT2D eigenvalue weighted by atomic mass is 9.85. The summed E-state index contributed by atoms with van der Waals surface area (Å²) in [4.78, 5) is 12.2. The molecule has 3 rings (SSSR count). The number of rotatable bonds is 2. The van der Waals surface area contributed by atoms with Crippen molar-refractivity contribution in [2.75, 3.05) is 0 Å². The fourth-order valence-electron chi connectivity index (χ4n) is 3.96. The van der Waals surface area contributed by atoms with E-state index in [0.29, 0.717) is 5.92 Å². The van der Waals surface area contributed by atoms with E-state index < -0.39 is 6.29 Å². The lowest BCUT2D eigenvalue weighted by Crippen LogP contribution is -2.41. The van der Waals surface area contributed by atoms with Crippen LogP contribution in [-0.2, 0) is 9.47 Å². The van der Waals surface area contributed by atoms with Crippen molar-refractivity contribution in [3.63, 3.8) is 0 Å². The van der Waals surface area contributed by atoms with Gasteiger partial charge >= 0.3 is 6.09 Å². The molecule has 4 nitrogen and oxygen atoms in total. The second-order valence-corrected chi connectivity index (χ2v) is 6.92. The molecule has 0 aromatic heterocycles. The van der Waals surface area contributed by atoms with Gasteiger partial charge in [-0.2, -0.15) is 0 Å². The Hall–Kier alpha value is -1.45.